The van der Waals surface area contributed by atoms with Crippen LogP contribution in [0.2, 0.25) is 0 Å². The van der Waals surface area contributed by atoms with E-state index >= 15 is 0 Å². The maximum Gasteiger partial charge on any atom is 0.338 e. The number of carbonyl (C=O) groups excluding carboxylic acids is 2. The van der Waals surface area contributed by atoms with Gasteiger partial charge < -0.3 is 80.5 Å². The Bertz CT molecular complexity index is 6340. The van der Waals surface area contributed by atoms with Crippen LogP contribution in [-0.2, 0) is 122 Å². The van der Waals surface area contributed by atoms with Crippen LogP contribution in [-0.4, -0.2) is 11.9 Å². The maximum absolute atomic E-state index is 13.7. The highest BCUT2D eigenvalue weighted by Gasteiger charge is 2.20. The average Bonchev–Trinajstić information content (AvgIpc) is 0.856. The minimum absolute atomic E-state index is 0.0172. The minimum Gasteiger partial charge on any atom is -0.489 e. The highest BCUT2D eigenvalue weighted by molar-refractivity contribution is 14.1. The second kappa shape index (κ2) is 52.7. The largest absolute Gasteiger partial charge is 0.489 e. The van der Waals surface area contributed by atoms with Crippen LogP contribution in [0.5, 0.6) is 86.2 Å². The van der Waals surface area contributed by atoms with Crippen LogP contribution in [0.25, 0.3) is 0 Å². The third-order valence-electron chi connectivity index (χ3n) is 23.3. The predicted octanol–water partition coefficient (Wildman–Crippen LogP) is 29.3. The van der Waals surface area contributed by atoms with Gasteiger partial charge in [0.05, 0.1) is 11.1 Å². The van der Waals surface area contributed by atoms with Gasteiger partial charge in [-0.05, 0) is 291 Å². The number of esters is 2. The van der Waals surface area contributed by atoms with Crippen molar-refractivity contribution in [1.29, 1.82) is 0 Å². The molecule has 21 heteroatoms. The number of ether oxygens (including phenoxy) is 17. The van der Waals surface area contributed by atoms with E-state index in [2.05, 4.69) is 45.2 Å². The summed E-state index contributed by atoms with van der Waals surface area (Å²) >= 11 is 4.39. The van der Waals surface area contributed by atoms with Crippen molar-refractivity contribution in [3.05, 3.63) is 550 Å². The first-order valence-corrected chi connectivity index (χ1v) is 50.6. The van der Waals surface area contributed by atoms with Gasteiger partial charge in [0.1, 0.15) is 199 Å². The van der Waals surface area contributed by atoms with Crippen LogP contribution >= 0.6 is 45.2 Å². The molecule has 0 N–H and O–H groups in total. The summed E-state index contributed by atoms with van der Waals surface area (Å²) in [5.74, 6) is 6.86. The monoisotopic (exact) mass is 2190 g/mol. The highest BCUT2D eigenvalue weighted by Crippen LogP contribution is 2.37. The zero-order valence-electron chi connectivity index (χ0n) is 81.1. The van der Waals surface area contributed by atoms with E-state index in [1.807, 2.05) is 400 Å². The molecular weight excluding hydrogens is 2080 g/mol. The van der Waals surface area contributed by atoms with E-state index in [1.54, 1.807) is 36.4 Å². The molecule has 19 nitrogen and oxygen atoms in total. The third kappa shape index (κ3) is 32.4. The second-order valence-corrected chi connectivity index (χ2v) is 37.5. The van der Waals surface area contributed by atoms with Crippen molar-refractivity contribution in [1.82, 2.24) is 0 Å². The number of benzene rings is 18. The molecule has 0 spiro atoms. The summed E-state index contributed by atoms with van der Waals surface area (Å²) in [4.78, 5) is 27.3. The van der Waals surface area contributed by atoms with Crippen molar-refractivity contribution in [3.63, 3.8) is 0 Å². The Morgan fingerprint density at radius 2 is 0.257 bits per heavy atom. The zero-order chi connectivity index (χ0) is 101. The van der Waals surface area contributed by atoms with Crippen molar-refractivity contribution in [2.24, 2.45) is 0 Å². The molecular formula is C127H106I2O19. The van der Waals surface area contributed by atoms with E-state index < -0.39 is 11.9 Å². The molecule has 0 amide bonds. The fourth-order valence-corrected chi connectivity index (χ4v) is 16.6. The van der Waals surface area contributed by atoms with Gasteiger partial charge in [-0.1, -0.05) is 243 Å². The van der Waals surface area contributed by atoms with Crippen LogP contribution in [0.15, 0.2) is 437 Å². The first-order valence-electron chi connectivity index (χ1n) is 48.5. The number of hydrogen-bond acceptors (Lipinski definition) is 19. The SMILES string of the molecule is O=C(OCc1cc(COC(=O)c2ccc(I)cc2)cc(OCc2cc(OCc3cc(OCc4cc(OCc5ccccc5)cc(OCc5ccccc5)c4)cc(OCc4cc(OCc5ccccc5)cc(OCc5ccccc5)c4)c3)cc(OCc3cc(OCc4cc(OCc5ccccc5)cc(OCc5ccccc5)c4)cc(OCc4cc(OCc5ccccc5)cc(OCc5ccccc5)c4)c3)c2)c1)c1ccc(I)cc1. The molecule has 18 rings (SSSR count). The van der Waals surface area contributed by atoms with E-state index in [0.29, 0.717) is 178 Å². The first-order chi connectivity index (χ1) is 72.8. The summed E-state index contributed by atoms with van der Waals surface area (Å²) in [5.41, 5.74) is 15.1. The molecule has 0 aliphatic carbocycles. The summed E-state index contributed by atoms with van der Waals surface area (Å²) in [6.45, 7) is 2.67. The van der Waals surface area contributed by atoms with E-state index in [1.165, 1.54) is 0 Å². The zero-order valence-corrected chi connectivity index (χ0v) is 85.4. The fraction of sp³-hybridized carbons (Fsp3) is 0.134. The Kier molecular flexibility index (Phi) is 36.1. The van der Waals surface area contributed by atoms with Crippen LogP contribution in [0, 0.1) is 7.14 Å². The lowest BCUT2D eigenvalue weighted by Crippen LogP contribution is -2.08. The minimum atomic E-state index is -0.515. The van der Waals surface area contributed by atoms with Gasteiger partial charge in [0.25, 0.3) is 0 Å². The Morgan fingerprint density at radius 3 is 0.399 bits per heavy atom. The molecule has 18 aromatic carbocycles. The molecule has 0 radical (unpaired) electrons. The molecule has 0 heterocycles. The van der Waals surface area contributed by atoms with Gasteiger partial charge in [-0.15, -0.1) is 0 Å². The lowest BCUT2D eigenvalue weighted by Gasteiger charge is -2.17. The van der Waals surface area contributed by atoms with Gasteiger partial charge in [-0.3, -0.25) is 0 Å². The Morgan fingerprint density at radius 1 is 0.135 bits per heavy atom. The molecule has 148 heavy (non-hydrogen) atoms. The normalized spacial score (nSPS) is 10.9. The van der Waals surface area contributed by atoms with E-state index in [9.17, 15) is 9.59 Å². The van der Waals surface area contributed by atoms with Crippen LogP contribution in [0.3, 0.4) is 0 Å². The molecule has 742 valence electrons. The van der Waals surface area contributed by atoms with Gasteiger partial charge in [-0.25, -0.2) is 9.59 Å². The van der Waals surface area contributed by atoms with Crippen LogP contribution in [0.4, 0.5) is 0 Å². The summed E-state index contributed by atoms with van der Waals surface area (Å²) < 4.78 is 114. The van der Waals surface area contributed by atoms with Gasteiger partial charge >= 0.3 is 11.9 Å². The van der Waals surface area contributed by atoms with E-state index in [-0.39, 0.29) is 59.5 Å². The molecule has 0 atom stereocenters. The molecule has 0 aliphatic heterocycles. The molecule has 0 saturated heterocycles. The lowest BCUT2D eigenvalue weighted by molar-refractivity contribution is 0.0471. The molecule has 18 aromatic rings. The predicted molar refractivity (Wildman–Crippen MR) is 585 cm³/mol. The van der Waals surface area contributed by atoms with Gasteiger partial charge in [0, 0.05) is 49.6 Å². The smallest absolute Gasteiger partial charge is 0.338 e. The summed E-state index contributed by atoms with van der Waals surface area (Å²) in [5, 5.41) is 0. The summed E-state index contributed by atoms with van der Waals surface area (Å²) in [6.07, 6.45) is 0. The Hall–Kier alpha value is -16.6. The molecule has 0 unspecified atom stereocenters. The van der Waals surface area contributed by atoms with Crippen molar-refractivity contribution >= 4 is 57.1 Å². The number of carbonyl (C=O) groups is 2. The van der Waals surface area contributed by atoms with Crippen molar-refractivity contribution in [2.75, 3.05) is 0 Å². The molecule has 0 aliphatic rings. The third-order valence-corrected chi connectivity index (χ3v) is 24.8. The highest BCUT2D eigenvalue weighted by atomic mass is 127. The van der Waals surface area contributed by atoms with Crippen molar-refractivity contribution < 1.29 is 90.1 Å². The lowest BCUT2D eigenvalue weighted by atomic mass is 10.1. The number of hydrogen-bond donors (Lipinski definition) is 0. The van der Waals surface area contributed by atoms with Crippen LogP contribution in [0.1, 0.15) is 115 Å². The van der Waals surface area contributed by atoms with Crippen LogP contribution < -0.4 is 71.1 Å². The fourth-order valence-electron chi connectivity index (χ4n) is 15.9. The summed E-state index contributed by atoms with van der Waals surface area (Å²) in [6, 6.07) is 140. The molecule has 0 aromatic heterocycles. The second-order valence-electron chi connectivity index (χ2n) is 35.1. The maximum atomic E-state index is 13.7. The van der Waals surface area contributed by atoms with Crippen molar-refractivity contribution in [3.8, 4) is 86.2 Å². The molecule has 0 bridgehead atoms. The van der Waals surface area contributed by atoms with Gasteiger partial charge in [0.15, 0.2) is 0 Å². The topological polar surface area (TPSA) is 191 Å². The number of rotatable bonds is 51. The standard InChI is InChI=1S/C127H106I2O19/c128-109-45-41-107(42-46-109)126(130)147-88-98-49-99(89-148-127(131)108-43-47-110(129)48-44-108)51-111(50-98)140-81-100-60-120(145-86-105-62-122(141-82-101-52-112(132-73-90-25-9-1-10-26-90)66-113(53-101)133-74-91-27-11-2-12-28-91)71-123(63-105)142-83-102-54-114(134-75-92-29-13-3-14-30-92)67-115(55-102)135-76-93-31-15-4-16-32-93)70-121(61-100)146-87-106-64-124(143-84-103-56-116(136-77-94-33-17-5-18-34-94)68-117(57-103)137-78-95-35-19-6-20-36-95)72-125(65-106)144-85-104-58-118(138-79-96-37-21-7-22-38-96)69-119(59-104)139-80-97-39-23-8-24-40-97/h1-72H,73-89H2. The summed E-state index contributed by atoms with van der Waals surface area (Å²) in [7, 11) is 0. The number of halogens is 2. The van der Waals surface area contributed by atoms with E-state index in [4.69, 9.17) is 80.5 Å². The average molecular weight is 2190 g/mol. The van der Waals surface area contributed by atoms with Gasteiger partial charge in [-0.2, -0.15) is 0 Å². The van der Waals surface area contributed by atoms with Gasteiger partial charge in [0.2, 0.25) is 0 Å². The molecule has 0 fully saturated rings. The first kappa shape index (κ1) is 101. The Balaban J connectivity index is 0.683. The van der Waals surface area contributed by atoms with E-state index in [0.717, 1.165) is 73.9 Å². The Labute approximate surface area is 888 Å². The quantitative estimate of drug-likeness (QED) is 0.0258. The molecule has 0 saturated carbocycles. The van der Waals surface area contributed by atoms with Crippen molar-refractivity contribution in [2.45, 2.75) is 112 Å².